The van der Waals surface area contributed by atoms with E-state index in [2.05, 4.69) is 18.7 Å². The van der Waals surface area contributed by atoms with Crippen LogP contribution in [0, 0.1) is 40.4 Å². The number of methoxy groups -OCH3 is 2. The lowest BCUT2D eigenvalue weighted by Gasteiger charge is -2.69. The minimum Gasteiger partial charge on any atom is -0.458 e. The molecule has 6 fully saturated rings. The van der Waals surface area contributed by atoms with Gasteiger partial charge in [0.15, 0.2) is 0 Å². The second-order valence-corrected chi connectivity index (χ2v) is 13.1. The van der Waals surface area contributed by atoms with Crippen molar-refractivity contribution in [2.45, 2.75) is 75.9 Å². The average Bonchev–Trinajstić information content (AvgIpc) is 3.37. The molecule has 5 aliphatic carbocycles. The van der Waals surface area contributed by atoms with Crippen LogP contribution >= 0.6 is 0 Å². The summed E-state index contributed by atoms with van der Waals surface area (Å²) in [4.78, 5) is 16.1. The molecule has 1 aliphatic heterocycles. The van der Waals surface area contributed by atoms with Gasteiger partial charge in [0.25, 0.3) is 0 Å². The van der Waals surface area contributed by atoms with Gasteiger partial charge in [0.05, 0.1) is 23.4 Å². The Kier molecular flexibility index (Phi) is 5.11. The van der Waals surface area contributed by atoms with Gasteiger partial charge in [-0.05, 0) is 61.6 Å². The lowest BCUT2D eigenvalue weighted by molar-refractivity contribution is -0.268. The molecule has 1 heterocycles. The number of carbonyl (C=O) groups excluding carboxylic acids is 1. The lowest BCUT2D eigenvalue weighted by Crippen LogP contribution is -2.76. The van der Waals surface area contributed by atoms with Crippen LogP contribution in [0.4, 0.5) is 0 Å². The molecule has 5 saturated carbocycles. The monoisotopic (exact) mass is 495 g/mol. The molecular formula is C30H41NO5. The fraction of sp³-hybridized carbons (Fsp3) is 0.767. The molecule has 1 aromatic rings. The number of rotatable bonds is 5. The summed E-state index contributed by atoms with van der Waals surface area (Å²) in [7, 11) is 3.60. The average molecular weight is 496 g/mol. The zero-order valence-electron chi connectivity index (χ0n) is 22.1. The maximum atomic E-state index is 13.5. The van der Waals surface area contributed by atoms with Gasteiger partial charge >= 0.3 is 5.97 Å². The predicted molar refractivity (Wildman–Crippen MR) is 134 cm³/mol. The van der Waals surface area contributed by atoms with Crippen LogP contribution < -0.4 is 0 Å². The van der Waals surface area contributed by atoms with E-state index in [-0.39, 0.29) is 64.8 Å². The Morgan fingerprint density at radius 3 is 2.61 bits per heavy atom. The smallest absolute Gasteiger partial charge is 0.338 e. The van der Waals surface area contributed by atoms with Gasteiger partial charge in [-0.15, -0.1) is 0 Å². The van der Waals surface area contributed by atoms with Crippen LogP contribution in [0.3, 0.4) is 0 Å². The van der Waals surface area contributed by atoms with Gasteiger partial charge in [-0.3, -0.25) is 4.90 Å². The molecule has 1 saturated heterocycles. The van der Waals surface area contributed by atoms with Crippen molar-refractivity contribution >= 4 is 5.97 Å². The summed E-state index contributed by atoms with van der Waals surface area (Å²) in [6, 6.07) is 9.69. The molecule has 196 valence electrons. The Labute approximate surface area is 214 Å². The highest BCUT2D eigenvalue weighted by atomic mass is 16.5. The first kappa shape index (κ1) is 23.6. The fourth-order valence-corrected chi connectivity index (χ4v) is 11.3. The van der Waals surface area contributed by atoms with Crippen molar-refractivity contribution in [3.63, 3.8) is 0 Å². The van der Waals surface area contributed by atoms with Crippen molar-refractivity contribution in [1.82, 2.24) is 4.90 Å². The van der Waals surface area contributed by atoms with E-state index in [1.165, 1.54) is 0 Å². The van der Waals surface area contributed by atoms with Crippen molar-refractivity contribution in [3.8, 4) is 0 Å². The van der Waals surface area contributed by atoms with E-state index in [9.17, 15) is 9.90 Å². The summed E-state index contributed by atoms with van der Waals surface area (Å²) in [5, 5.41) is 12.7. The van der Waals surface area contributed by atoms with Crippen LogP contribution in [0.5, 0.6) is 0 Å². The maximum Gasteiger partial charge on any atom is 0.338 e. The van der Waals surface area contributed by atoms with E-state index < -0.39 is 5.60 Å². The van der Waals surface area contributed by atoms with Crippen molar-refractivity contribution in [1.29, 1.82) is 0 Å². The minimum atomic E-state index is -0.807. The molecule has 1 N–H and O–H groups in total. The van der Waals surface area contributed by atoms with Crippen LogP contribution in [0.15, 0.2) is 30.3 Å². The second-order valence-electron chi connectivity index (χ2n) is 13.1. The maximum absolute atomic E-state index is 13.5. The van der Waals surface area contributed by atoms with Crippen molar-refractivity contribution < 1.29 is 24.1 Å². The third kappa shape index (κ3) is 2.65. The minimum absolute atomic E-state index is 0.00664. The fourth-order valence-electron chi connectivity index (χ4n) is 11.3. The molecule has 6 aliphatic rings. The molecule has 6 nitrogen and oxygen atoms in total. The van der Waals surface area contributed by atoms with Crippen molar-refractivity contribution in [3.05, 3.63) is 35.9 Å². The number of esters is 1. The number of benzene rings is 1. The summed E-state index contributed by atoms with van der Waals surface area (Å²) < 4.78 is 18.8. The number of likely N-dealkylation sites (tertiary alicyclic amines) is 1. The molecule has 0 unspecified atom stereocenters. The summed E-state index contributed by atoms with van der Waals surface area (Å²) in [5.74, 6) is 0.996. The highest BCUT2D eigenvalue weighted by Crippen LogP contribution is 2.79. The van der Waals surface area contributed by atoms with E-state index in [0.717, 1.165) is 38.8 Å². The molecule has 0 radical (unpaired) electrons. The molecule has 7 bridgehead atoms. The van der Waals surface area contributed by atoms with Gasteiger partial charge in [0.2, 0.25) is 0 Å². The third-order valence-electron chi connectivity index (χ3n) is 12.2. The van der Waals surface area contributed by atoms with Gasteiger partial charge < -0.3 is 19.3 Å². The number of aliphatic hydroxyl groups is 1. The number of nitrogens with zero attached hydrogens (tertiary/aromatic N) is 1. The van der Waals surface area contributed by atoms with E-state index in [4.69, 9.17) is 14.2 Å². The first-order chi connectivity index (χ1) is 17.3. The van der Waals surface area contributed by atoms with Gasteiger partial charge in [0, 0.05) is 56.4 Å². The van der Waals surface area contributed by atoms with Crippen LogP contribution in [0.2, 0.25) is 0 Å². The molecular weight excluding hydrogens is 454 g/mol. The van der Waals surface area contributed by atoms with E-state index in [1.54, 1.807) is 7.11 Å². The predicted octanol–water partition coefficient (Wildman–Crippen LogP) is 3.77. The Morgan fingerprint density at radius 2 is 1.92 bits per heavy atom. The van der Waals surface area contributed by atoms with E-state index in [0.29, 0.717) is 17.9 Å². The van der Waals surface area contributed by atoms with Crippen LogP contribution in [0.1, 0.15) is 56.3 Å². The molecule has 6 heteroatoms. The number of carbonyl (C=O) groups is 1. The lowest BCUT2D eigenvalue weighted by atomic mass is 9.43. The van der Waals surface area contributed by atoms with Crippen LogP contribution in [0.25, 0.3) is 0 Å². The van der Waals surface area contributed by atoms with Crippen LogP contribution in [-0.2, 0) is 14.2 Å². The van der Waals surface area contributed by atoms with Crippen molar-refractivity contribution in [2.75, 3.05) is 27.3 Å². The molecule has 36 heavy (non-hydrogen) atoms. The number of hydrogen-bond donors (Lipinski definition) is 1. The highest BCUT2D eigenvalue weighted by molar-refractivity contribution is 5.89. The molecule has 1 spiro atoms. The number of fused-ring (bicyclic) bond motifs is 2. The molecule has 0 amide bonds. The number of hydrogen-bond acceptors (Lipinski definition) is 6. The van der Waals surface area contributed by atoms with Gasteiger partial charge in [-0.25, -0.2) is 4.79 Å². The Hall–Kier alpha value is -1.47. The molecule has 1 aromatic carbocycles. The highest BCUT2D eigenvalue weighted by Gasteiger charge is 2.83. The van der Waals surface area contributed by atoms with Gasteiger partial charge in [-0.2, -0.15) is 0 Å². The Bertz CT molecular complexity index is 1050. The SMILES string of the molecule is CCN1C[C@@]2(C)CC[C@H](OC(=O)c3ccccc3)[C@@]34[C@@H]5C[C@H]6[C@H](OC)[C@@H]5[C@](O)(C[C@@H]6OC)[C@@H](C[C@H]23)[C@@H]14. The summed E-state index contributed by atoms with van der Waals surface area (Å²) >= 11 is 0. The van der Waals surface area contributed by atoms with Crippen molar-refractivity contribution in [2.24, 2.45) is 40.4 Å². The zero-order valence-corrected chi connectivity index (χ0v) is 22.1. The summed E-state index contributed by atoms with van der Waals surface area (Å²) in [5.41, 5.74) is -0.158. The molecule has 7 rings (SSSR count). The first-order valence-corrected chi connectivity index (χ1v) is 14.1. The molecule has 12 atom stereocenters. The largest absolute Gasteiger partial charge is 0.458 e. The Balaban J connectivity index is 1.39. The standard InChI is InChI=1S/C30H41NO5/c1-5-31-16-28(2)12-11-23(36-27(32)17-9-7-6-8-10-17)30-19-13-18-21(34-3)15-29(33,24(19)25(18)35-4)20(26(30)31)14-22(28)30/h6-10,18-26,33H,5,11-16H2,1-4H3/t18-,19-,20+,21+,22-,23+,24-,25+,26-,28-,29+,30-/m1/s1. The topological polar surface area (TPSA) is 68.2 Å². The van der Waals surface area contributed by atoms with E-state index in [1.807, 2.05) is 37.4 Å². The Morgan fingerprint density at radius 1 is 1.14 bits per heavy atom. The number of piperidine rings is 1. The third-order valence-corrected chi connectivity index (χ3v) is 12.2. The second kappa shape index (κ2) is 7.78. The summed E-state index contributed by atoms with van der Waals surface area (Å²) in [6.45, 7) is 6.78. The normalized spacial score (nSPS) is 52.3. The van der Waals surface area contributed by atoms with Gasteiger partial charge in [0.1, 0.15) is 6.10 Å². The zero-order chi connectivity index (χ0) is 25.0. The first-order valence-electron chi connectivity index (χ1n) is 14.1. The molecule has 0 aromatic heterocycles. The summed E-state index contributed by atoms with van der Waals surface area (Å²) in [6.07, 6.45) is 4.52. The quantitative estimate of drug-likeness (QED) is 0.628. The van der Waals surface area contributed by atoms with Crippen LogP contribution in [-0.4, -0.2) is 73.2 Å². The number of ether oxygens (including phenoxy) is 3. The van der Waals surface area contributed by atoms with E-state index >= 15 is 0 Å². The van der Waals surface area contributed by atoms with Gasteiger partial charge in [-0.1, -0.05) is 32.0 Å².